The zero-order chi connectivity index (χ0) is 10.3. The third kappa shape index (κ3) is 0.929. The summed E-state index contributed by atoms with van der Waals surface area (Å²) >= 11 is 4.83. The molecule has 8 heteroatoms. The molecule has 0 unspecified atom stereocenters. The maximum Gasteiger partial charge on any atom is 0.222 e. The lowest BCUT2D eigenvalue weighted by Crippen LogP contribution is -2.16. The fourth-order valence-corrected chi connectivity index (χ4v) is 1.30. The fourth-order valence-electron chi connectivity index (χ4n) is 1.11. The van der Waals surface area contributed by atoms with Gasteiger partial charge in [0.25, 0.3) is 0 Å². The molecular formula is C6H5N7S. The predicted octanol–water partition coefficient (Wildman–Crippen LogP) is -0.343. The van der Waals surface area contributed by atoms with Gasteiger partial charge in [-0.3, -0.25) is 5.10 Å². The fraction of sp³-hybridized carbons (Fsp3) is 0. The van der Waals surface area contributed by atoms with E-state index >= 15 is 0 Å². The molecule has 0 fully saturated rings. The lowest BCUT2D eigenvalue weighted by atomic mass is 10.3. The van der Waals surface area contributed by atoms with Crippen LogP contribution in [0.2, 0.25) is 0 Å². The Morgan fingerprint density at radius 1 is 1.57 bits per heavy atom. The first-order valence-corrected chi connectivity index (χ1v) is 3.97. The zero-order valence-corrected chi connectivity index (χ0v) is 7.67. The third-order valence-electron chi connectivity index (χ3n) is 1.78. The van der Waals surface area contributed by atoms with Crippen LogP contribution in [-0.2, 0) is 0 Å². The van der Waals surface area contributed by atoms with E-state index in [1.807, 2.05) is 6.07 Å². The Labute approximate surface area is 82.9 Å². The molecule has 2 aromatic rings. The summed E-state index contributed by atoms with van der Waals surface area (Å²) in [6.45, 7) is 0. The second-order valence-electron chi connectivity index (χ2n) is 2.56. The lowest BCUT2D eigenvalue weighted by Gasteiger charge is -2.03. The molecule has 0 saturated heterocycles. The highest BCUT2D eigenvalue weighted by atomic mass is 32.1. The Bertz CT molecular complexity index is 601. The van der Waals surface area contributed by atoms with Gasteiger partial charge in [0.15, 0.2) is 11.3 Å². The minimum Gasteiger partial charge on any atom is -0.383 e. The molecule has 5 N–H and O–H groups in total. The van der Waals surface area contributed by atoms with E-state index in [1.165, 1.54) is 0 Å². The quantitative estimate of drug-likeness (QED) is 0.401. The van der Waals surface area contributed by atoms with Crippen molar-refractivity contribution in [1.29, 1.82) is 5.26 Å². The summed E-state index contributed by atoms with van der Waals surface area (Å²) in [7, 11) is 0. The molecular weight excluding hydrogens is 202 g/mol. The summed E-state index contributed by atoms with van der Waals surface area (Å²) in [5, 5.41) is 15.4. The summed E-state index contributed by atoms with van der Waals surface area (Å²) in [5.41, 5.74) is 6.18. The maximum atomic E-state index is 8.72. The van der Waals surface area contributed by atoms with Crippen molar-refractivity contribution in [2.24, 2.45) is 0 Å². The summed E-state index contributed by atoms with van der Waals surface area (Å²) in [5.74, 6) is 5.68. The number of nitriles is 1. The zero-order valence-electron chi connectivity index (χ0n) is 6.85. The van der Waals surface area contributed by atoms with E-state index in [9.17, 15) is 0 Å². The van der Waals surface area contributed by atoms with E-state index in [0.29, 0.717) is 11.0 Å². The number of hydrogen-bond donors (Lipinski definition) is 3. The van der Waals surface area contributed by atoms with Gasteiger partial charge in [-0.15, -0.1) is 0 Å². The second-order valence-corrected chi connectivity index (χ2v) is 2.92. The van der Waals surface area contributed by atoms with Crippen LogP contribution in [0.15, 0.2) is 0 Å². The summed E-state index contributed by atoms with van der Waals surface area (Å²) in [4.78, 5) is 3.91. The van der Waals surface area contributed by atoms with Gasteiger partial charge in [0, 0.05) is 0 Å². The molecule has 0 saturated carbocycles. The Morgan fingerprint density at radius 3 is 2.93 bits per heavy atom. The number of rotatable bonds is 0. The second kappa shape index (κ2) is 2.68. The third-order valence-corrected chi connectivity index (χ3v) is 2.07. The number of nitrogens with one attached hydrogen (secondary N) is 1. The van der Waals surface area contributed by atoms with Gasteiger partial charge >= 0.3 is 0 Å². The highest BCUT2D eigenvalue weighted by molar-refractivity contribution is 7.71. The molecule has 2 aromatic heterocycles. The molecule has 2 heterocycles. The van der Waals surface area contributed by atoms with Crippen molar-refractivity contribution in [3.8, 4) is 6.07 Å². The summed E-state index contributed by atoms with van der Waals surface area (Å²) < 4.78 is 1.16. The van der Waals surface area contributed by atoms with Crippen molar-refractivity contribution in [3.63, 3.8) is 0 Å². The van der Waals surface area contributed by atoms with Gasteiger partial charge in [0.1, 0.15) is 11.9 Å². The molecule has 0 radical (unpaired) electrons. The smallest absolute Gasteiger partial charge is 0.222 e. The topological polar surface area (TPSA) is 122 Å². The Hall–Kier alpha value is -2.14. The number of aromatic nitrogens is 4. The number of fused-ring (bicyclic) bond motifs is 1. The molecule has 0 bridgehead atoms. The van der Waals surface area contributed by atoms with Crippen molar-refractivity contribution in [1.82, 2.24) is 19.9 Å². The molecule has 0 spiro atoms. The molecule has 2 rings (SSSR count). The van der Waals surface area contributed by atoms with Crippen LogP contribution in [0.25, 0.3) is 11.0 Å². The van der Waals surface area contributed by atoms with Crippen molar-refractivity contribution >= 4 is 29.1 Å². The molecule has 0 aliphatic heterocycles. The highest BCUT2D eigenvalue weighted by Gasteiger charge is 2.12. The number of nitrogen functional groups attached to an aromatic ring is 2. The van der Waals surface area contributed by atoms with Crippen LogP contribution < -0.4 is 11.6 Å². The number of hydrogen-bond acceptors (Lipinski definition) is 6. The van der Waals surface area contributed by atoms with Crippen LogP contribution in [0.1, 0.15) is 5.69 Å². The largest absolute Gasteiger partial charge is 0.383 e. The van der Waals surface area contributed by atoms with Gasteiger partial charge in [0.05, 0.1) is 5.39 Å². The van der Waals surface area contributed by atoms with Crippen molar-refractivity contribution in [2.45, 2.75) is 0 Å². The summed E-state index contributed by atoms with van der Waals surface area (Å²) in [6, 6.07) is 1.87. The monoisotopic (exact) mass is 207 g/mol. The van der Waals surface area contributed by atoms with E-state index in [1.54, 1.807) is 0 Å². The predicted molar refractivity (Wildman–Crippen MR) is 52.0 cm³/mol. The van der Waals surface area contributed by atoms with Gasteiger partial charge in [-0.2, -0.15) is 15.3 Å². The molecule has 14 heavy (non-hydrogen) atoms. The Balaban J connectivity index is 3.05. The van der Waals surface area contributed by atoms with E-state index in [4.69, 9.17) is 29.1 Å². The van der Waals surface area contributed by atoms with E-state index in [2.05, 4.69) is 15.2 Å². The number of H-pyrrole nitrogens is 1. The van der Waals surface area contributed by atoms with Crippen molar-refractivity contribution in [3.05, 3.63) is 10.5 Å². The first-order valence-electron chi connectivity index (χ1n) is 3.57. The standard InChI is InChI=1S/C6H5N7S/c7-1-2-3-4(8)13(9)6(14)10-5(3)12-11-2/h8-9H2,(H,10,12,14). The minimum absolute atomic E-state index is 0.128. The van der Waals surface area contributed by atoms with Crippen LogP contribution in [0.4, 0.5) is 5.82 Å². The van der Waals surface area contributed by atoms with Crippen LogP contribution in [0.3, 0.4) is 0 Å². The van der Waals surface area contributed by atoms with E-state index in [0.717, 1.165) is 4.68 Å². The van der Waals surface area contributed by atoms with E-state index in [-0.39, 0.29) is 16.3 Å². The molecule has 7 nitrogen and oxygen atoms in total. The van der Waals surface area contributed by atoms with Gasteiger partial charge in [0.2, 0.25) is 4.77 Å². The molecule has 70 valence electrons. The van der Waals surface area contributed by atoms with Crippen molar-refractivity contribution in [2.75, 3.05) is 11.6 Å². The Morgan fingerprint density at radius 2 is 2.29 bits per heavy atom. The van der Waals surface area contributed by atoms with Crippen LogP contribution in [0.5, 0.6) is 0 Å². The number of aromatic amines is 1. The van der Waals surface area contributed by atoms with Gasteiger partial charge in [-0.1, -0.05) is 0 Å². The van der Waals surface area contributed by atoms with Gasteiger partial charge in [-0.25, -0.2) is 4.68 Å². The van der Waals surface area contributed by atoms with E-state index < -0.39 is 0 Å². The number of anilines is 1. The normalized spacial score (nSPS) is 10.2. The first-order chi connectivity index (χ1) is 6.65. The number of nitrogens with zero attached hydrogens (tertiary/aromatic N) is 4. The van der Waals surface area contributed by atoms with Crippen molar-refractivity contribution < 1.29 is 0 Å². The maximum absolute atomic E-state index is 8.72. The Kier molecular flexibility index (Phi) is 1.62. The van der Waals surface area contributed by atoms with Crippen LogP contribution in [-0.4, -0.2) is 19.9 Å². The highest BCUT2D eigenvalue weighted by Crippen LogP contribution is 2.19. The van der Waals surface area contributed by atoms with Gasteiger partial charge in [-0.05, 0) is 12.2 Å². The minimum atomic E-state index is 0.128. The SMILES string of the molecule is N#Cc1n[nH]c2nc(=S)n(N)c(N)c12. The van der Waals surface area contributed by atoms with Gasteiger partial charge < -0.3 is 11.6 Å². The number of nitrogens with two attached hydrogens (primary N) is 2. The molecule has 0 aromatic carbocycles. The summed E-state index contributed by atoms with van der Waals surface area (Å²) in [6.07, 6.45) is 0. The first kappa shape index (κ1) is 8.46. The molecule has 0 atom stereocenters. The molecule has 0 aliphatic carbocycles. The average Bonchev–Trinajstić information content (AvgIpc) is 2.57. The lowest BCUT2D eigenvalue weighted by molar-refractivity contribution is 0.940. The van der Waals surface area contributed by atoms with Crippen LogP contribution >= 0.6 is 12.2 Å². The average molecular weight is 207 g/mol. The van der Waals surface area contributed by atoms with Crippen LogP contribution in [0, 0.1) is 16.1 Å². The molecule has 0 aliphatic rings. The molecule has 0 amide bonds.